The molecule has 3 aromatic rings. The first-order valence-electron chi connectivity index (χ1n) is 5.13. The van der Waals surface area contributed by atoms with Crippen LogP contribution in [0.5, 0.6) is 0 Å². The molecule has 4 nitrogen and oxygen atoms in total. The minimum absolute atomic E-state index is 0.0962. The summed E-state index contributed by atoms with van der Waals surface area (Å²) in [4.78, 5) is 23.3. The second kappa shape index (κ2) is 3.31. The fourth-order valence-corrected chi connectivity index (χ4v) is 1.77. The van der Waals surface area contributed by atoms with Gasteiger partial charge in [0, 0.05) is 13.0 Å². The van der Waals surface area contributed by atoms with E-state index in [1.165, 1.54) is 13.0 Å². The molecular formula is C13H8O4. The minimum Gasteiger partial charge on any atom is -0.425 e. The molecule has 0 atom stereocenters. The van der Waals surface area contributed by atoms with Crippen molar-refractivity contribution in [2.45, 2.75) is 6.92 Å². The molecule has 3 rings (SSSR count). The SMILES string of the molecule is CC(=O)c1cc2c(=O)c3ccccc3oc2o1. The molecule has 0 bridgehead atoms. The molecule has 0 unspecified atom stereocenters. The number of hydrogen-bond acceptors (Lipinski definition) is 4. The molecule has 0 saturated carbocycles. The highest BCUT2D eigenvalue weighted by Crippen LogP contribution is 2.21. The lowest BCUT2D eigenvalue weighted by Crippen LogP contribution is -1.99. The van der Waals surface area contributed by atoms with Crippen LogP contribution in [-0.2, 0) is 0 Å². The van der Waals surface area contributed by atoms with Crippen molar-refractivity contribution >= 4 is 27.9 Å². The van der Waals surface area contributed by atoms with Crippen LogP contribution in [0.15, 0.2) is 44.0 Å². The zero-order chi connectivity index (χ0) is 12.0. The van der Waals surface area contributed by atoms with Crippen molar-refractivity contribution < 1.29 is 13.6 Å². The molecule has 0 saturated heterocycles. The minimum atomic E-state index is -0.236. The second-order valence-corrected chi connectivity index (χ2v) is 3.80. The largest absolute Gasteiger partial charge is 0.425 e. The average Bonchev–Trinajstić information content (AvgIpc) is 2.74. The molecule has 84 valence electrons. The molecule has 0 aliphatic carbocycles. The van der Waals surface area contributed by atoms with Crippen molar-refractivity contribution in [2.24, 2.45) is 0 Å². The van der Waals surface area contributed by atoms with Crippen LogP contribution >= 0.6 is 0 Å². The van der Waals surface area contributed by atoms with Crippen LogP contribution in [-0.4, -0.2) is 5.78 Å². The maximum atomic E-state index is 12.1. The molecule has 2 heterocycles. The summed E-state index contributed by atoms with van der Waals surface area (Å²) in [7, 11) is 0. The van der Waals surface area contributed by atoms with Gasteiger partial charge in [-0.1, -0.05) is 12.1 Å². The van der Waals surface area contributed by atoms with E-state index < -0.39 is 0 Å². The predicted molar refractivity (Wildman–Crippen MR) is 62.3 cm³/mol. The molecule has 0 amide bonds. The van der Waals surface area contributed by atoms with Crippen molar-refractivity contribution in [3.8, 4) is 0 Å². The number of rotatable bonds is 1. The third kappa shape index (κ3) is 1.38. The van der Waals surface area contributed by atoms with Crippen LogP contribution in [0.1, 0.15) is 17.5 Å². The fraction of sp³-hybridized carbons (Fsp3) is 0.0769. The van der Waals surface area contributed by atoms with Gasteiger partial charge in [0.1, 0.15) is 11.0 Å². The third-order valence-electron chi connectivity index (χ3n) is 2.62. The standard InChI is InChI=1S/C13H8O4/c1-7(14)11-6-9-12(15)8-4-2-3-5-10(8)16-13(9)17-11/h2-6H,1H3. The van der Waals surface area contributed by atoms with E-state index in [4.69, 9.17) is 8.83 Å². The molecule has 0 aliphatic rings. The number of fused-ring (bicyclic) bond motifs is 2. The van der Waals surface area contributed by atoms with E-state index in [9.17, 15) is 9.59 Å². The smallest absolute Gasteiger partial charge is 0.302 e. The number of carbonyl (C=O) groups is 1. The summed E-state index contributed by atoms with van der Waals surface area (Å²) in [6.45, 7) is 1.38. The number of Topliss-reactive ketones (excluding diaryl/α,β-unsaturated/α-hetero) is 1. The third-order valence-corrected chi connectivity index (χ3v) is 2.62. The second-order valence-electron chi connectivity index (χ2n) is 3.80. The highest BCUT2D eigenvalue weighted by Gasteiger charge is 2.14. The number of benzene rings is 1. The van der Waals surface area contributed by atoms with Gasteiger partial charge in [-0.05, 0) is 12.1 Å². The summed E-state index contributed by atoms with van der Waals surface area (Å²) in [5, 5.41) is 0.782. The summed E-state index contributed by atoms with van der Waals surface area (Å²) >= 11 is 0. The summed E-state index contributed by atoms with van der Waals surface area (Å²) in [6, 6.07) is 8.33. The molecule has 0 N–H and O–H groups in total. The summed E-state index contributed by atoms with van der Waals surface area (Å²) in [5.74, 6) is -0.00471. The Hall–Kier alpha value is -2.36. The first-order valence-corrected chi connectivity index (χ1v) is 5.13. The Morgan fingerprint density at radius 3 is 2.65 bits per heavy atom. The van der Waals surface area contributed by atoms with Gasteiger partial charge in [0.15, 0.2) is 11.5 Å². The summed E-state index contributed by atoms with van der Waals surface area (Å²) in [5.41, 5.74) is 0.271. The lowest BCUT2D eigenvalue weighted by Gasteiger charge is -1.94. The van der Waals surface area contributed by atoms with E-state index in [1.54, 1.807) is 24.3 Å². The summed E-state index contributed by atoms with van der Waals surface area (Å²) in [6.07, 6.45) is 0. The quantitative estimate of drug-likeness (QED) is 0.601. The van der Waals surface area contributed by atoms with Crippen LogP contribution in [0.3, 0.4) is 0 Å². The highest BCUT2D eigenvalue weighted by molar-refractivity contribution is 5.96. The van der Waals surface area contributed by atoms with Crippen LogP contribution in [0.25, 0.3) is 22.1 Å². The van der Waals surface area contributed by atoms with Crippen molar-refractivity contribution in [3.05, 3.63) is 46.3 Å². The van der Waals surface area contributed by atoms with E-state index in [2.05, 4.69) is 0 Å². The maximum Gasteiger partial charge on any atom is 0.302 e. The Morgan fingerprint density at radius 1 is 1.12 bits per heavy atom. The van der Waals surface area contributed by atoms with Gasteiger partial charge in [0.2, 0.25) is 5.43 Å². The van der Waals surface area contributed by atoms with E-state index in [0.717, 1.165) is 0 Å². The molecule has 4 heteroatoms. The van der Waals surface area contributed by atoms with Gasteiger partial charge in [0.05, 0.1) is 5.39 Å². The molecule has 0 spiro atoms. The Labute approximate surface area is 95.4 Å². The van der Waals surface area contributed by atoms with E-state index in [0.29, 0.717) is 16.4 Å². The van der Waals surface area contributed by atoms with Gasteiger partial charge < -0.3 is 8.83 Å². The molecular weight excluding hydrogens is 220 g/mol. The van der Waals surface area contributed by atoms with Gasteiger partial charge in [-0.25, -0.2) is 0 Å². The molecule has 2 aromatic heterocycles. The number of furan rings is 1. The van der Waals surface area contributed by atoms with Crippen molar-refractivity contribution in [1.29, 1.82) is 0 Å². The molecule has 17 heavy (non-hydrogen) atoms. The fourth-order valence-electron chi connectivity index (χ4n) is 1.77. The lowest BCUT2D eigenvalue weighted by molar-refractivity contribution is 0.0987. The number of hydrogen-bond donors (Lipinski definition) is 0. The Balaban J connectivity index is 2.51. The first kappa shape index (κ1) is 9.84. The lowest BCUT2D eigenvalue weighted by atomic mass is 10.2. The van der Waals surface area contributed by atoms with Crippen LogP contribution in [0, 0.1) is 0 Å². The number of carbonyl (C=O) groups excluding carboxylic acids is 1. The van der Waals surface area contributed by atoms with E-state index >= 15 is 0 Å². The van der Waals surface area contributed by atoms with Crippen LogP contribution in [0.2, 0.25) is 0 Å². The zero-order valence-corrected chi connectivity index (χ0v) is 9.02. The molecule has 0 fully saturated rings. The van der Waals surface area contributed by atoms with Crippen molar-refractivity contribution in [3.63, 3.8) is 0 Å². The zero-order valence-electron chi connectivity index (χ0n) is 9.02. The Bertz CT molecular complexity index is 792. The van der Waals surface area contributed by atoms with Gasteiger partial charge in [-0.3, -0.25) is 9.59 Å². The Morgan fingerprint density at radius 2 is 1.88 bits per heavy atom. The van der Waals surface area contributed by atoms with E-state index in [-0.39, 0.29) is 22.8 Å². The number of ketones is 1. The van der Waals surface area contributed by atoms with E-state index in [1.807, 2.05) is 0 Å². The highest BCUT2D eigenvalue weighted by atomic mass is 16.5. The Kier molecular flexibility index (Phi) is 1.92. The van der Waals surface area contributed by atoms with Crippen LogP contribution < -0.4 is 5.43 Å². The van der Waals surface area contributed by atoms with Crippen molar-refractivity contribution in [2.75, 3.05) is 0 Å². The van der Waals surface area contributed by atoms with Gasteiger partial charge in [-0.15, -0.1) is 0 Å². The summed E-state index contributed by atoms with van der Waals surface area (Å²) < 4.78 is 10.6. The topological polar surface area (TPSA) is 60.4 Å². The molecule has 1 aromatic carbocycles. The first-order chi connectivity index (χ1) is 8.16. The molecule has 0 aliphatic heterocycles. The average molecular weight is 228 g/mol. The number of para-hydroxylation sites is 1. The van der Waals surface area contributed by atoms with Crippen molar-refractivity contribution in [1.82, 2.24) is 0 Å². The maximum absolute atomic E-state index is 12.1. The normalized spacial score (nSPS) is 11.1. The predicted octanol–water partition coefficient (Wildman–Crippen LogP) is 2.74. The van der Waals surface area contributed by atoms with Gasteiger partial charge in [0.25, 0.3) is 0 Å². The van der Waals surface area contributed by atoms with Gasteiger partial charge >= 0.3 is 5.78 Å². The molecule has 0 radical (unpaired) electrons. The monoisotopic (exact) mass is 228 g/mol. The van der Waals surface area contributed by atoms with Crippen LogP contribution in [0.4, 0.5) is 0 Å². The van der Waals surface area contributed by atoms with Gasteiger partial charge in [-0.2, -0.15) is 0 Å².